The van der Waals surface area contributed by atoms with Crippen LogP contribution >= 0.6 is 0 Å². The van der Waals surface area contributed by atoms with Gasteiger partial charge in [-0.2, -0.15) is 5.06 Å². The molecule has 0 unspecified atom stereocenters. The molecule has 10 heavy (non-hydrogen) atoms. The molecule has 0 aromatic heterocycles. The summed E-state index contributed by atoms with van der Waals surface area (Å²) in [6.45, 7) is 10.7. The molecule has 2 heteroatoms. The second-order valence-electron chi connectivity index (χ2n) is 3.55. The largest absolute Gasteiger partial charge is 0.298 e. The molecule has 0 spiro atoms. The van der Waals surface area contributed by atoms with Gasteiger partial charge in [0.05, 0.1) is 6.61 Å². The smallest absolute Gasteiger partial charge is 0.0749 e. The van der Waals surface area contributed by atoms with Crippen LogP contribution in [0.4, 0.5) is 0 Å². The Morgan fingerprint density at radius 1 is 1.70 bits per heavy atom. The SMILES string of the molecule is C=CCN1CC(C)(C)CO1. The first-order valence-electron chi connectivity index (χ1n) is 3.63. The monoisotopic (exact) mass is 141 g/mol. The summed E-state index contributed by atoms with van der Waals surface area (Å²) in [5.41, 5.74) is 0.322. The first kappa shape index (κ1) is 7.76. The van der Waals surface area contributed by atoms with Gasteiger partial charge in [-0.05, 0) is 0 Å². The van der Waals surface area contributed by atoms with E-state index in [4.69, 9.17) is 4.84 Å². The lowest BCUT2D eigenvalue weighted by atomic mass is 9.96. The Labute approximate surface area is 62.4 Å². The van der Waals surface area contributed by atoms with Crippen molar-refractivity contribution >= 4 is 0 Å². The summed E-state index contributed by atoms with van der Waals surface area (Å²) in [5, 5.41) is 1.95. The van der Waals surface area contributed by atoms with Gasteiger partial charge in [-0.3, -0.25) is 4.84 Å². The number of rotatable bonds is 2. The maximum Gasteiger partial charge on any atom is 0.0749 e. The topological polar surface area (TPSA) is 12.5 Å². The van der Waals surface area contributed by atoms with Crippen LogP contribution < -0.4 is 0 Å². The van der Waals surface area contributed by atoms with Gasteiger partial charge in [0.25, 0.3) is 0 Å². The van der Waals surface area contributed by atoms with Crippen molar-refractivity contribution in [2.75, 3.05) is 19.7 Å². The second kappa shape index (κ2) is 2.72. The Kier molecular flexibility index (Phi) is 2.11. The highest BCUT2D eigenvalue weighted by Gasteiger charge is 2.29. The molecule has 0 saturated carbocycles. The lowest BCUT2D eigenvalue weighted by Crippen LogP contribution is -2.22. The molecule has 0 atom stereocenters. The Bertz CT molecular complexity index is 131. The molecule has 1 saturated heterocycles. The Hall–Kier alpha value is -0.340. The summed E-state index contributed by atoms with van der Waals surface area (Å²) < 4.78 is 0. The van der Waals surface area contributed by atoms with Gasteiger partial charge in [0.1, 0.15) is 0 Å². The minimum Gasteiger partial charge on any atom is -0.298 e. The number of hydroxylamine groups is 2. The van der Waals surface area contributed by atoms with E-state index in [9.17, 15) is 0 Å². The Morgan fingerprint density at radius 3 is 2.80 bits per heavy atom. The summed E-state index contributed by atoms with van der Waals surface area (Å²) in [6.07, 6.45) is 1.86. The van der Waals surface area contributed by atoms with E-state index in [1.54, 1.807) is 0 Å². The van der Waals surface area contributed by atoms with Crippen molar-refractivity contribution in [1.82, 2.24) is 5.06 Å². The highest BCUT2D eigenvalue weighted by atomic mass is 16.7. The van der Waals surface area contributed by atoms with Crippen molar-refractivity contribution in [2.45, 2.75) is 13.8 Å². The normalized spacial score (nSPS) is 25.0. The second-order valence-corrected chi connectivity index (χ2v) is 3.55. The maximum absolute atomic E-state index is 5.37. The molecule has 0 bridgehead atoms. The van der Waals surface area contributed by atoms with Gasteiger partial charge in [0.2, 0.25) is 0 Å². The molecule has 0 N–H and O–H groups in total. The third kappa shape index (κ3) is 1.82. The fraction of sp³-hybridized carbons (Fsp3) is 0.750. The van der Waals surface area contributed by atoms with E-state index in [2.05, 4.69) is 20.4 Å². The molecule has 0 aromatic carbocycles. The summed E-state index contributed by atoms with van der Waals surface area (Å²) in [4.78, 5) is 5.37. The van der Waals surface area contributed by atoms with E-state index in [0.29, 0.717) is 5.41 Å². The molecule has 0 radical (unpaired) electrons. The average molecular weight is 141 g/mol. The maximum atomic E-state index is 5.37. The fourth-order valence-corrected chi connectivity index (χ4v) is 1.10. The highest BCUT2D eigenvalue weighted by Crippen LogP contribution is 2.24. The van der Waals surface area contributed by atoms with Crippen molar-refractivity contribution in [3.63, 3.8) is 0 Å². The van der Waals surface area contributed by atoms with Gasteiger partial charge in [0.15, 0.2) is 0 Å². The Morgan fingerprint density at radius 2 is 2.40 bits per heavy atom. The predicted molar refractivity (Wildman–Crippen MR) is 41.5 cm³/mol. The van der Waals surface area contributed by atoms with Crippen LogP contribution in [0.15, 0.2) is 12.7 Å². The molecule has 1 aliphatic rings. The van der Waals surface area contributed by atoms with Gasteiger partial charge in [0, 0.05) is 18.5 Å². The minimum absolute atomic E-state index is 0.322. The Balaban J connectivity index is 2.35. The lowest BCUT2D eigenvalue weighted by molar-refractivity contribution is -0.101. The van der Waals surface area contributed by atoms with E-state index in [0.717, 1.165) is 19.7 Å². The van der Waals surface area contributed by atoms with E-state index in [1.165, 1.54) is 0 Å². The van der Waals surface area contributed by atoms with Crippen LogP contribution in [-0.4, -0.2) is 24.8 Å². The number of hydrogen-bond acceptors (Lipinski definition) is 2. The van der Waals surface area contributed by atoms with Crippen LogP contribution in [0.25, 0.3) is 0 Å². The minimum atomic E-state index is 0.322. The third-order valence-electron chi connectivity index (χ3n) is 1.57. The molecule has 1 fully saturated rings. The molecule has 1 rings (SSSR count). The summed E-state index contributed by atoms with van der Waals surface area (Å²) in [5.74, 6) is 0. The van der Waals surface area contributed by atoms with E-state index < -0.39 is 0 Å². The van der Waals surface area contributed by atoms with Crippen molar-refractivity contribution in [3.05, 3.63) is 12.7 Å². The molecule has 0 aliphatic carbocycles. The van der Waals surface area contributed by atoms with Crippen molar-refractivity contribution in [3.8, 4) is 0 Å². The van der Waals surface area contributed by atoms with Gasteiger partial charge >= 0.3 is 0 Å². The predicted octanol–water partition coefficient (Wildman–Crippen LogP) is 1.45. The lowest BCUT2D eigenvalue weighted by Gasteiger charge is -2.13. The van der Waals surface area contributed by atoms with Crippen LogP contribution in [0.2, 0.25) is 0 Å². The van der Waals surface area contributed by atoms with Crippen LogP contribution in [0.1, 0.15) is 13.8 Å². The molecule has 58 valence electrons. The number of hydrogen-bond donors (Lipinski definition) is 0. The zero-order valence-corrected chi connectivity index (χ0v) is 6.76. The van der Waals surface area contributed by atoms with Crippen LogP contribution in [0, 0.1) is 5.41 Å². The summed E-state index contributed by atoms with van der Waals surface area (Å²) in [6, 6.07) is 0. The summed E-state index contributed by atoms with van der Waals surface area (Å²) >= 11 is 0. The molecular formula is C8H15NO. The van der Waals surface area contributed by atoms with Gasteiger partial charge < -0.3 is 0 Å². The average Bonchev–Trinajstić information content (AvgIpc) is 2.12. The van der Waals surface area contributed by atoms with E-state index >= 15 is 0 Å². The molecule has 1 heterocycles. The zero-order valence-electron chi connectivity index (χ0n) is 6.76. The quantitative estimate of drug-likeness (QED) is 0.540. The van der Waals surface area contributed by atoms with Gasteiger partial charge in [-0.25, -0.2) is 0 Å². The van der Waals surface area contributed by atoms with Gasteiger partial charge in [-0.1, -0.05) is 19.9 Å². The fourth-order valence-electron chi connectivity index (χ4n) is 1.10. The zero-order chi connectivity index (χ0) is 7.61. The molecular weight excluding hydrogens is 126 g/mol. The van der Waals surface area contributed by atoms with E-state index in [-0.39, 0.29) is 0 Å². The van der Waals surface area contributed by atoms with Crippen LogP contribution in [0.3, 0.4) is 0 Å². The molecule has 0 amide bonds. The van der Waals surface area contributed by atoms with Gasteiger partial charge in [-0.15, -0.1) is 6.58 Å². The summed E-state index contributed by atoms with van der Waals surface area (Å²) in [7, 11) is 0. The first-order chi connectivity index (χ1) is 4.64. The standard InChI is InChI=1S/C8H15NO/c1-4-5-9-6-8(2,3)7-10-9/h4H,1,5-7H2,2-3H3. The van der Waals surface area contributed by atoms with Crippen LogP contribution in [0.5, 0.6) is 0 Å². The first-order valence-corrected chi connectivity index (χ1v) is 3.63. The third-order valence-corrected chi connectivity index (χ3v) is 1.57. The molecule has 0 aromatic rings. The number of nitrogens with zero attached hydrogens (tertiary/aromatic N) is 1. The molecule has 2 nitrogen and oxygen atoms in total. The van der Waals surface area contributed by atoms with Crippen LogP contribution in [-0.2, 0) is 4.84 Å². The molecule has 1 aliphatic heterocycles. The van der Waals surface area contributed by atoms with Crippen molar-refractivity contribution in [2.24, 2.45) is 5.41 Å². The van der Waals surface area contributed by atoms with Crippen molar-refractivity contribution < 1.29 is 4.84 Å². The highest BCUT2D eigenvalue weighted by molar-refractivity contribution is 4.79. The van der Waals surface area contributed by atoms with Crippen molar-refractivity contribution in [1.29, 1.82) is 0 Å². The van der Waals surface area contributed by atoms with E-state index in [1.807, 2.05) is 11.1 Å².